The number of carbonyl (C=O) groups is 1. The lowest BCUT2D eigenvalue weighted by atomic mass is 10.2. The van der Waals surface area contributed by atoms with Crippen molar-refractivity contribution >= 4 is 11.7 Å². The molecule has 1 aliphatic rings. The Balaban J connectivity index is 2.11. The predicted molar refractivity (Wildman–Crippen MR) is 49.6 cm³/mol. The quantitative estimate of drug-likeness (QED) is 0.773. The zero-order valence-electron chi connectivity index (χ0n) is 7.46. The van der Waals surface area contributed by atoms with E-state index in [1.807, 2.05) is 0 Å². The van der Waals surface area contributed by atoms with Crippen LogP contribution in [0.2, 0.25) is 0 Å². The van der Waals surface area contributed by atoms with Crippen molar-refractivity contribution in [2.24, 2.45) is 0 Å². The maximum absolute atomic E-state index is 12.5. The lowest BCUT2D eigenvalue weighted by Crippen LogP contribution is -2.31. The zero-order chi connectivity index (χ0) is 10.2. The van der Waals surface area contributed by atoms with Gasteiger partial charge in [0.15, 0.2) is 0 Å². The summed E-state index contributed by atoms with van der Waals surface area (Å²) in [7, 11) is 0. The fraction of sp³-hybridized carbons (Fsp3) is 0.300. The molecule has 1 aromatic rings. The van der Waals surface area contributed by atoms with Crippen molar-refractivity contribution in [1.29, 1.82) is 0 Å². The smallest absolute Gasteiger partial charge is 0.329 e. The highest BCUT2D eigenvalue weighted by Crippen LogP contribution is 2.39. The lowest BCUT2D eigenvalue weighted by Gasteiger charge is -2.13. The average molecular weight is 195 g/mol. The van der Waals surface area contributed by atoms with Crippen LogP contribution in [-0.4, -0.2) is 16.6 Å². The maximum Gasteiger partial charge on any atom is 0.329 e. The van der Waals surface area contributed by atoms with Gasteiger partial charge in [0.25, 0.3) is 0 Å². The van der Waals surface area contributed by atoms with E-state index in [0.29, 0.717) is 18.5 Å². The first-order valence-corrected chi connectivity index (χ1v) is 4.40. The van der Waals surface area contributed by atoms with E-state index >= 15 is 0 Å². The Morgan fingerprint density at radius 1 is 1.36 bits per heavy atom. The Labute approximate surface area is 80.6 Å². The van der Waals surface area contributed by atoms with Crippen LogP contribution < -0.4 is 5.32 Å². The summed E-state index contributed by atoms with van der Waals surface area (Å²) in [4.78, 5) is 10.8. The summed E-state index contributed by atoms with van der Waals surface area (Å²) in [6.07, 6.45) is 1.25. The molecule has 0 unspecified atom stereocenters. The van der Waals surface area contributed by atoms with Gasteiger partial charge < -0.3 is 10.4 Å². The van der Waals surface area contributed by atoms with Crippen LogP contribution in [-0.2, 0) is 4.79 Å². The zero-order valence-corrected chi connectivity index (χ0v) is 7.46. The van der Waals surface area contributed by atoms with Gasteiger partial charge in [-0.1, -0.05) is 0 Å². The van der Waals surface area contributed by atoms with Crippen molar-refractivity contribution in [2.45, 2.75) is 18.4 Å². The molecule has 0 saturated heterocycles. The molecule has 4 heteroatoms. The van der Waals surface area contributed by atoms with Crippen molar-refractivity contribution in [3.63, 3.8) is 0 Å². The van der Waals surface area contributed by atoms with Crippen molar-refractivity contribution < 1.29 is 14.3 Å². The van der Waals surface area contributed by atoms with Crippen molar-refractivity contribution in [3.8, 4) is 0 Å². The number of aliphatic carboxylic acids is 1. The van der Waals surface area contributed by atoms with Crippen LogP contribution in [0.4, 0.5) is 10.1 Å². The molecule has 74 valence electrons. The normalized spacial score (nSPS) is 17.5. The molecule has 14 heavy (non-hydrogen) atoms. The minimum Gasteiger partial charge on any atom is -0.480 e. The Morgan fingerprint density at radius 3 is 2.36 bits per heavy atom. The second kappa shape index (κ2) is 2.97. The summed E-state index contributed by atoms with van der Waals surface area (Å²) in [5, 5.41) is 11.8. The van der Waals surface area contributed by atoms with E-state index in [1.165, 1.54) is 12.1 Å². The molecule has 2 rings (SSSR count). The van der Waals surface area contributed by atoms with Gasteiger partial charge in [0.2, 0.25) is 0 Å². The third kappa shape index (κ3) is 1.55. The number of hydrogen-bond donors (Lipinski definition) is 2. The molecule has 3 nitrogen and oxygen atoms in total. The van der Waals surface area contributed by atoms with Gasteiger partial charge in [-0.15, -0.1) is 0 Å². The predicted octanol–water partition coefficient (Wildman–Crippen LogP) is 1.85. The van der Waals surface area contributed by atoms with Crippen LogP contribution in [0.3, 0.4) is 0 Å². The van der Waals surface area contributed by atoms with E-state index in [1.54, 1.807) is 12.1 Å². The molecule has 1 aromatic carbocycles. The standard InChI is InChI=1S/C10H10FNO2/c11-7-1-3-8(4-2-7)12-10(5-6-10)9(13)14/h1-4,12H,5-6H2,(H,13,14). The molecule has 0 amide bonds. The molecule has 1 saturated carbocycles. The van der Waals surface area contributed by atoms with E-state index in [4.69, 9.17) is 5.11 Å². The van der Waals surface area contributed by atoms with Crippen LogP contribution in [0.15, 0.2) is 24.3 Å². The fourth-order valence-electron chi connectivity index (χ4n) is 1.33. The minimum atomic E-state index is -0.846. The summed E-state index contributed by atoms with van der Waals surface area (Å²) in [6.45, 7) is 0. The van der Waals surface area contributed by atoms with Crippen LogP contribution in [0.25, 0.3) is 0 Å². The average Bonchev–Trinajstić information content (AvgIpc) is 2.90. The third-order valence-corrected chi connectivity index (χ3v) is 2.39. The number of benzene rings is 1. The first-order chi connectivity index (χ1) is 6.62. The summed E-state index contributed by atoms with van der Waals surface area (Å²) < 4.78 is 12.5. The largest absolute Gasteiger partial charge is 0.480 e. The summed E-state index contributed by atoms with van der Waals surface area (Å²) >= 11 is 0. The molecule has 0 radical (unpaired) electrons. The second-order valence-corrected chi connectivity index (χ2v) is 3.52. The summed E-state index contributed by atoms with van der Waals surface area (Å²) in [5.41, 5.74) is -0.163. The van der Waals surface area contributed by atoms with Crippen LogP contribution in [0, 0.1) is 5.82 Å². The molecule has 0 atom stereocenters. The molecule has 2 N–H and O–H groups in total. The number of carboxylic acids is 1. The van der Waals surface area contributed by atoms with Gasteiger partial charge in [-0.2, -0.15) is 0 Å². The summed E-state index contributed by atoms with van der Waals surface area (Å²) in [5.74, 6) is -1.17. The van der Waals surface area contributed by atoms with Gasteiger partial charge in [-0.05, 0) is 37.1 Å². The number of nitrogens with one attached hydrogen (secondary N) is 1. The summed E-state index contributed by atoms with van der Waals surface area (Å²) in [6, 6.07) is 5.69. The molecule has 0 spiro atoms. The number of hydrogen-bond acceptors (Lipinski definition) is 2. The van der Waals surface area contributed by atoms with Crippen LogP contribution in [0.1, 0.15) is 12.8 Å². The maximum atomic E-state index is 12.5. The van der Waals surface area contributed by atoms with Gasteiger partial charge in [0.05, 0.1) is 0 Å². The SMILES string of the molecule is O=C(O)C1(Nc2ccc(F)cc2)CC1. The Hall–Kier alpha value is -1.58. The number of halogens is 1. The molecule has 0 bridgehead atoms. The van der Waals surface area contributed by atoms with Crippen molar-refractivity contribution in [1.82, 2.24) is 0 Å². The monoisotopic (exact) mass is 195 g/mol. The van der Waals surface area contributed by atoms with Crippen LogP contribution in [0.5, 0.6) is 0 Å². The molecular formula is C10H10FNO2. The highest BCUT2D eigenvalue weighted by molar-refractivity contribution is 5.86. The Bertz CT molecular complexity index is 357. The number of anilines is 1. The van der Waals surface area contributed by atoms with E-state index in [9.17, 15) is 9.18 Å². The lowest BCUT2D eigenvalue weighted by molar-refractivity contribution is -0.138. The molecular weight excluding hydrogens is 185 g/mol. The molecule has 0 aromatic heterocycles. The van der Waals surface area contributed by atoms with Crippen LogP contribution >= 0.6 is 0 Å². The van der Waals surface area contributed by atoms with Crippen molar-refractivity contribution in [2.75, 3.05) is 5.32 Å². The van der Waals surface area contributed by atoms with Gasteiger partial charge in [-0.25, -0.2) is 9.18 Å². The minimum absolute atomic E-state index is 0.323. The van der Waals surface area contributed by atoms with E-state index in [-0.39, 0.29) is 5.82 Å². The Kier molecular flexibility index (Phi) is 1.91. The third-order valence-electron chi connectivity index (χ3n) is 2.39. The molecule has 0 heterocycles. The van der Waals surface area contributed by atoms with Gasteiger partial charge >= 0.3 is 5.97 Å². The van der Waals surface area contributed by atoms with Gasteiger partial charge in [0.1, 0.15) is 11.4 Å². The van der Waals surface area contributed by atoms with Gasteiger partial charge in [0, 0.05) is 5.69 Å². The fourth-order valence-corrected chi connectivity index (χ4v) is 1.33. The number of carboxylic acid groups (broad SMARTS) is 1. The molecule has 0 aliphatic heterocycles. The molecule has 1 fully saturated rings. The topological polar surface area (TPSA) is 49.3 Å². The highest BCUT2D eigenvalue weighted by Gasteiger charge is 2.50. The van der Waals surface area contributed by atoms with Gasteiger partial charge in [-0.3, -0.25) is 0 Å². The van der Waals surface area contributed by atoms with E-state index < -0.39 is 11.5 Å². The number of rotatable bonds is 3. The highest BCUT2D eigenvalue weighted by atomic mass is 19.1. The van der Waals surface area contributed by atoms with Crippen molar-refractivity contribution in [3.05, 3.63) is 30.1 Å². The first kappa shape index (κ1) is 8.99. The Morgan fingerprint density at radius 2 is 1.93 bits per heavy atom. The van der Waals surface area contributed by atoms with E-state index in [2.05, 4.69) is 5.32 Å². The first-order valence-electron chi connectivity index (χ1n) is 4.40. The molecule has 1 aliphatic carbocycles. The van der Waals surface area contributed by atoms with E-state index in [0.717, 1.165) is 0 Å². The second-order valence-electron chi connectivity index (χ2n) is 3.52.